The number of amides is 3. The zero-order valence-electron chi connectivity index (χ0n) is 25.0. The lowest BCUT2D eigenvalue weighted by Gasteiger charge is -2.37. The van der Waals surface area contributed by atoms with E-state index in [1.165, 1.54) is 11.1 Å². The number of carbonyl (C=O) groups is 3. The highest BCUT2D eigenvalue weighted by atomic mass is 16.2. The van der Waals surface area contributed by atoms with Gasteiger partial charge in [0, 0.05) is 32.1 Å². The van der Waals surface area contributed by atoms with E-state index in [0.717, 1.165) is 32.1 Å². The number of nitrogens with zero attached hydrogens (tertiary/aromatic N) is 2. The van der Waals surface area contributed by atoms with Gasteiger partial charge in [0.2, 0.25) is 17.7 Å². The maximum atomic E-state index is 13.9. The van der Waals surface area contributed by atoms with Crippen molar-refractivity contribution in [3.8, 4) is 0 Å². The maximum absolute atomic E-state index is 13.9. The Balaban J connectivity index is 1.71. The van der Waals surface area contributed by atoms with Crippen molar-refractivity contribution in [2.75, 3.05) is 26.7 Å². The largest absolute Gasteiger partial charge is 0.342 e. The van der Waals surface area contributed by atoms with E-state index >= 15 is 0 Å². The summed E-state index contributed by atoms with van der Waals surface area (Å²) in [5.41, 5.74) is 1.98. The first kappa shape index (κ1) is 31.3. The van der Waals surface area contributed by atoms with Crippen LogP contribution in [0, 0.1) is 5.41 Å². The highest BCUT2D eigenvalue weighted by Crippen LogP contribution is 2.26. The molecule has 1 aliphatic heterocycles. The Morgan fingerprint density at radius 2 is 1.57 bits per heavy atom. The van der Waals surface area contributed by atoms with Crippen LogP contribution < -0.4 is 10.6 Å². The zero-order chi connectivity index (χ0) is 29.1. The Morgan fingerprint density at radius 1 is 0.975 bits per heavy atom. The van der Waals surface area contributed by atoms with Gasteiger partial charge in [-0.1, -0.05) is 81.4 Å². The molecule has 0 aromatic heterocycles. The number of rotatable bonds is 13. The molecule has 0 spiro atoms. The van der Waals surface area contributed by atoms with Crippen molar-refractivity contribution in [3.05, 3.63) is 71.8 Å². The van der Waals surface area contributed by atoms with Crippen LogP contribution in [-0.2, 0) is 27.2 Å². The van der Waals surface area contributed by atoms with Crippen LogP contribution in [0.4, 0.5) is 0 Å². The van der Waals surface area contributed by atoms with E-state index in [1.807, 2.05) is 67.0 Å². The van der Waals surface area contributed by atoms with Gasteiger partial charge in [-0.05, 0) is 62.6 Å². The second kappa shape index (κ2) is 15.0. The van der Waals surface area contributed by atoms with E-state index in [2.05, 4.69) is 34.9 Å². The van der Waals surface area contributed by atoms with E-state index < -0.39 is 17.5 Å². The molecule has 7 nitrogen and oxygen atoms in total. The molecule has 218 valence electrons. The SMILES string of the molecule is CN[C@@H](C)C(=O)N[C@H](C(=O)N1CCC[C@H]1CN(CCc1ccccc1)C(=O)CCCc1ccccc1)C(C)(C)C. The molecule has 0 saturated carbocycles. The fraction of sp³-hybridized carbons (Fsp3) is 0.545. The van der Waals surface area contributed by atoms with Crippen molar-refractivity contribution in [2.45, 2.75) is 84.3 Å². The number of carbonyl (C=O) groups excluding carboxylic acids is 3. The molecule has 3 atom stereocenters. The quantitative estimate of drug-likeness (QED) is 0.393. The smallest absolute Gasteiger partial charge is 0.246 e. The Morgan fingerprint density at radius 3 is 2.15 bits per heavy atom. The summed E-state index contributed by atoms with van der Waals surface area (Å²) in [6, 6.07) is 19.4. The Kier molecular flexibility index (Phi) is 11.7. The molecule has 3 rings (SSSR count). The van der Waals surface area contributed by atoms with E-state index in [1.54, 1.807) is 14.0 Å². The zero-order valence-corrected chi connectivity index (χ0v) is 25.0. The van der Waals surface area contributed by atoms with Gasteiger partial charge in [0.15, 0.2) is 0 Å². The van der Waals surface area contributed by atoms with Crippen molar-refractivity contribution in [1.82, 2.24) is 20.4 Å². The van der Waals surface area contributed by atoms with Gasteiger partial charge in [-0.25, -0.2) is 0 Å². The highest BCUT2D eigenvalue weighted by Gasteiger charge is 2.40. The summed E-state index contributed by atoms with van der Waals surface area (Å²) in [4.78, 5) is 44.0. The number of likely N-dealkylation sites (tertiary alicyclic amines) is 1. The number of aryl methyl sites for hydroxylation is 1. The van der Waals surface area contributed by atoms with E-state index in [4.69, 9.17) is 0 Å². The molecule has 1 fully saturated rings. The van der Waals surface area contributed by atoms with E-state index in [0.29, 0.717) is 26.1 Å². The molecular formula is C33H48N4O3. The van der Waals surface area contributed by atoms with Crippen LogP contribution in [0.3, 0.4) is 0 Å². The second-order valence-electron chi connectivity index (χ2n) is 12.1. The second-order valence-corrected chi connectivity index (χ2v) is 12.1. The summed E-state index contributed by atoms with van der Waals surface area (Å²) < 4.78 is 0. The first-order valence-electron chi connectivity index (χ1n) is 14.7. The van der Waals surface area contributed by atoms with Crippen LogP contribution in [0.5, 0.6) is 0 Å². The molecule has 2 N–H and O–H groups in total. The molecule has 1 aliphatic rings. The predicted octanol–water partition coefficient (Wildman–Crippen LogP) is 4.21. The van der Waals surface area contributed by atoms with Gasteiger partial charge < -0.3 is 20.4 Å². The summed E-state index contributed by atoms with van der Waals surface area (Å²) in [7, 11) is 1.73. The third-order valence-corrected chi connectivity index (χ3v) is 7.88. The van der Waals surface area contributed by atoms with E-state index in [9.17, 15) is 14.4 Å². The van der Waals surface area contributed by atoms with Crippen LogP contribution in [-0.4, -0.2) is 72.3 Å². The standard InChI is InChI=1S/C33H48N4O3/c1-25(34-5)31(39)35-30(33(2,3)4)32(40)37-22-13-19-28(37)24-36(23-21-27-16-10-7-11-17-27)29(38)20-12-18-26-14-8-6-9-15-26/h6-11,14-17,25,28,30,34H,12-13,18-24H2,1-5H3,(H,35,39)/t25-,28-,30+/m0/s1. The predicted molar refractivity (Wildman–Crippen MR) is 161 cm³/mol. The molecule has 0 aliphatic carbocycles. The monoisotopic (exact) mass is 548 g/mol. The molecule has 3 amide bonds. The lowest BCUT2D eigenvalue weighted by Crippen LogP contribution is -2.59. The Labute approximate surface area is 240 Å². The van der Waals surface area contributed by atoms with Gasteiger partial charge in [-0.15, -0.1) is 0 Å². The van der Waals surface area contributed by atoms with Crippen LogP contribution in [0.2, 0.25) is 0 Å². The third-order valence-electron chi connectivity index (χ3n) is 7.88. The first-order chi connectivity index (χ1) is 19.1. The summed E-state index contributed by atoms with van der Waals surface area (Å²) in [5.74, 6) is -0.120. The van der Waals surface area contributed by atoms with Gasteiger partial charge >= 0.3 is 0 Å². The molecule has 7 heteroatoms. The summed E-state index contributed by atoms with van der Waals surface area (Å²) in [6.07, 6.45) is 4.65. The highest BCUT2D eigenvalue weighted by molar-refractivity contribution is 5.90. The topological polar surface area (TPSA) is 81.8 Å². The minimum absolute atomic E-state index is 0.0637. The average Bonchev–Trinajstić information content (AvgIpc) is 3.41. The molecule has 40 heavy (non-hydrogen) atoms. The van der Waals surface area contributed by atoms with Crippen molar-refractivity contribution in [1.29, 1.82) is 0 Å². The molecular weight excluding hydrogens is 500 g/mol. The average molecular weight is 549 g/mol. The summed E-state index contributed by atoms with van der Waals surface area (Å²) >= 11 is 0. The Hall–Kier alpha value is -3.19. The number of hydrogen-bond acceptors (Lipinski definition) is 4. The van der Waals surface area contributed by atoms with Crippen molar-refractivity contribution in [2.24, 2.45) is 5.41 Å². The van der Waals surface area contributed by atoms with Crippen LogP contribution in [0.1, 0.15) is 64.5 Å². The molecule has 0 unspecified atom stereocenters. The lowest BCUT2D eigenvalue weighted by atomic mass is 9.85. The van der Waals surface area contributed by atoms with Crippen LogP contribution in [0.25, 0.3) is 0 Å². The number of hydrogen-bond donors (Lipinski definition) is 2. The normalized spacial score (nSPS) is 16.8. The van der Waals surface area contributed by atoms with Crippen LogP contribution >= 0.6 is 0 Å². The summed E-state index contributed by atoms with van der Waals surface area (Å²) in [6.45, 7) is 9.49. The molecule has 1 saturated heterocycles. The molecule has 0 radical (unpaired) electrons. The lowest BCUT2D eigenvalue weighted by molar-refractivity contribution is -0.142. The number of nitrogens with one attached hydrogen (secondary N) is 2. The van der Waals surface area contributed by atoms with Crippen LogP contribution in [0.15, 0.2) is 60.7 Å². The van der Waals surface area contributed by atoms with Crippen molar-refractivity contribution < 1.29 is 14.4 Å². The molecule has 1 heterocycles. The van der Waals surface area contributed by atoms with Gasteiger partial charge in [0.1, 0.15) is 6.04 Å². The first-order valence-corrected chi connectivity index (χ1v) is 14.7. The number of benzene rings is 2. The van der Waals surface area contributed by atoms with Crippen molar-refractivity contribution in [3.63, 3.8) is 0 Å². The molecule has 2 aromatic carbocycles. The van der Waals surface area contributed by atoms with Gasteiger partial charge in [-0.2, -0.15) is 0 Å². The van der Waals surface area contributed by atoms with Gasteiger partial charge in [-0.3, -0.25) is 14.4 Å². The minimum Gasteiger partial charge on any atom is -0.342 e. The third kappa shape index (κ3) is 9.19. The fourth-order valence-electron chi connectivity index (χ4n) is 5.26. The Bertz CT molecular complexity index is 1080. The van der Waals surface area contributed by atoms with E-state index in [-0.39, 0.29) is 23.8 Å². The fourth-order valence-corrected chi connectivity index (χ4v) is 5.26. The van der Waals surface area contributed by atoms with Gasteiger partial charge in [0.05, 0.1) is 6.04 Å². The van der Waals surface area contributed by atoms with Gasteiger partial charge in [0.25, 0.3) is 0 Å². The minimum atomic E-state index is -0.643. The van der Waals surface area contributed by atoms with Crippen molar-refractivity contribution >= 4 is 17.7 Å². The summed E-state index contributed by atoms with van der Waals surface area (Å²) in [5, 5.41) is 5.95. The number of likely N-dealkylation sites (N-methyl/N-ethyl adjacent to an activating group) is 1. The molecule has 0 bridgehead atoms. The maximum Gasteiger partial charge on any atom is 0.246 e. The molecule has 2 aromatic rings.